The summed E-state index contributed by atoms with van der Waals surface area (Å²) in [5.74, 6) is 2.68. The largest absolute Gasteiger partial charge is 0.240 e. The number of nitrogens with zero attached hydrogens (tertiary/aromatic N) is 4. The molecule has 0 radical (unpaired) electrons. The Labute approximate surface area is 193 Å². The summed E-state index contributed by atoms with van der Waals surface area (Å²) in [7, 11) is 0. The molecule has 0 aliphatic heterocycles. The van der Waals surface area contributed by atoms with Crippen molar-refractivity contribution in [2.75, 3.05) is 0 Å². The molecule has 4 aliphatic carbocycles. The van der Waals surface area contributed by atoms with Crippen LogP contribution in [0.2, 0.25) is 0 Å². The van der Waals surface area contributed by atoms with E-state index in [0.29, 0.717) is 5.57 Å². The van der Waals surface area contributed by atoms with Gasteiger partial charge in [0.1, 0.15) is 11.1 Å². The zero-order chi connectivity index (χ0) is 21.9. The molecule has 162 valence electrons. The van der Waals surface area contributed by atoms with Crippen molar-refractivity contribution >= 4 is 23.0 Å². The fourth-order valence-electron chi connectivity index (χ4n) is 7.04. The van der Waals surface area contributed by atoms with Crippen LogP contribution in [0.5, 0.6) is 0 Å². The highest BCUT2D eigenvalue weighted by Gasteiger charge is 2.52. The van der Waals surface area contributed by atoms with Crippen LogP contribution in [0.4, 0.5) is 0 Å². The second-order valence-corrected chi connectivity index (χ2v) is 11.1. The van der Waals surface area contributed by atoms with Gasteiger partial charge in [0.25, 0.3) is 0 Å². The van der Waals surface area contributed by atoms with E-state index in [2.05, 4.69) is 30.5 Å². The Hall–Kier alpha value is -2.71. The highest BCUT2D eigenvalue weighted by molar-refractivity contribution is 7.11. The molecule has 2 aromatic heterocycles. The van der Waals surface area contributed by atoms with E-state index in [9.17, 15) is 5.26 Å². The Morgan fingerprint density at radius 1 is 1.09 bits per heavy atom. The van der Waals surface area contributed by atoms with E-state index >= 15 is 0 Å². The van der Waals surface area contributed by atoms with E-state index in [1.807, 2.05) is 35.9 Å². The lowest BCUT2D eigenvalue weighted by Crippen LogP contribution is -2.48. The molecule has 4 nitrogen and oxygen atoms in total. The first-order valence-electron chi connectivity index (χ1n) is 11.7. The van der Waals surface area contributed by atoms with Crippen molar-refractivity contribution in [2.45, 2.75) is 57.8 Å². The molecule has 4 aliphatic rings. The van der Waals surface area contributed by atoms with Crippen molar-refractivity contribution in [1.82, 2.24) is 14.8 Å². The third-order valence-corrected chi connectivity index (χ3v) is 8.95. The minimum atomic E-state index is 0.272. The van der Waals surface area contributed by atoms with E-state index < -0.39 is 0 Å². The molecule has 7 rings (SSSR count). The van der Waals surface area contributed by atoms with E-state index in [1.165, 1.54) is 44.2 Å². The third kappa shape index (κ3) is 3.16. The summed E-state index contributed by atoms with van der Waals surface area (Å²) in [5, 5.41) is 17.9. The second kappa shape index (κ2) is 7.42. The summed E-state index contributed by atoms with van der Waals surface area (Å²) in [5.41, 5.74) is 6.18. The van der Waals surface area contributed by atoms with Crippen LogP contribution in [0.25, 0.3) is 17.3 Å². The van der Waals surface area contributed by atoms with Crippen molar-refractivity contribution in [2.24, 2.45) is 17.8 Å². The first kappa shape index (κ1) is 19.9. The Morgan fingerprint density at radius 3 is 2.38 bits per heavy atom. The topological polar surface area (TPSA) is 54.5 Å². The molecule has 0 spiro atoms. The van der Waals surface area contributed by atoms with Gasteiger partial charge < -0.3 is 0 Å². The van der Waals surface area contributed by atoms with Crippen molar-refractivity contribution in [3.05, 3.63) is 63.4 Å². The molecule has 0 amide bonds. The Kier molecular flexibility index (Phi) is 4.62. The predicted octanol–water partition coefficient (Wildman–Crippen LogP) is 6.48. The molecule has 0 unspecified atom stereocenters. The van der Waals surface area contributed by atoms with Crippen molar-refractivity contribution < 1.29 is 0 Å². The highest BCUT2D eigenvalue weighted by Crippen LogP contribution is 2.60. The monoisotopic (exact) mass is 440 g/mol. The van der Waals surface area contributed by atoms with E-state index in [-0.39, 0.29) is 5.41 Å². The maximum Gasteiger partial charge on any atom is 0.134 e. The first-order valence-corrected chi connectivity index (χ1v) is 12.6. The fourth-order valence-corrected chi connectivity index (χ4v) is 7.94. The Balaban J connectivity index is 1.34. The molecule has 2 heterocycles. The average Bonchev–Trinajstić information content (AvgIpc) is 3.38. The lowest BCUT2D eigenvalue weighted by Gasteiger charge is -2.56. The molecule has 0 N–H and O–H groups in total. The molecule has 4 fully saturated rings. The zero-order valence-electron chi connectivity index (χ0n) is 18.7. The molecule has 4 bridgehead atoms. The van der Waals surface area contributed by atoms with Gasteiger partial charge in [-0.05, 0) is 88.3 Å². The number of hydrogen-bond donors (Lipinski definition) is 0. The summed E-state index contributed by atoms with van der Waals surface area (Å²) in [6.07, 6.45) is 10.2. The summed E-state index contributed by atoms with van der Waals surface area (Å²) in [4.78, 5) is 5.09. The van der Waals surface area contributed by atoms with Gasteiger partial charge in [-0.1, -0.05) is 18.2 Å². The van der Waals surface area contributed by atoms with Crippen LogP contribution in [0.3, 0.4) is 0 Å². The molecule has 0 atom stereocenters. The molecular weight excluding hydrogens is 412 g/mol. The van der Waals surface area contributed by atoms with Crippen molar-refractivity contribution in [3.63, 3.8) is 0 Å². The SMILES string of the molecule is Cc1nn(-c2ccccc2)c(C)c1C=C(C#N)c1nc(C23CC4CC(CC(C4)C2)C3)cs1. The second-order valence-electron chi connectivity index (χ2n) is 10.2. The lowest BCUT2D eigenvalue weighted by atomic mass is 9.49. The standard InChI is InChI=1S/C27H28N4S/c1-17-24(18(2)31(30-17)23-6-4-3-5-7-23)11-22(15-28)26-29-25(16-32-26)27-12-19-8-20(13-27)10-21(9-19)14-27/h3-7,11,16,19-21H,8-10,12-14H2,1-2H3. The molecule has 0 saturated heterocycles. The summed E-state index contributed by atoms with van der Waals surface area (Å²) in [6, 6.07) is 12.6. The van der Waals surface area contributed by atoms with Gasteiger partial charge in [-0.2, -0.15) is 10.4 Å². The Bertz CT molecular complexity index is 1210. The lowest BCUT2D eigenvalue weighted by molar-refractivity contribution is -0.00694. The number of nitriles is 1. The maximum absolute atomic E-state index is 10.0. The summed E-state index contributed by atoms with van der Waals surface area (Å²) >= 11 is 1.64. The van der Waals surface area contributed by atoms with E-state index in [1.54, 1.807) is 11.3 Å². The fraction of sp³-hybridized carbons (Fsp3) is 0.444. The number of allylic oxidation sites excluding steroid dienone is 1. The Morgan fingerprint density at radius 2 is 1.75 bits per heavy atom. The summed E-state index contributed by atoms with van der Waals surface area (Å²) < 4.78 is 1.96. The van der Waals surface area contributed by atoms with Gasteiger partial charge in [0, 0.05) is 22.1 Å². The molecule has 1 aromatic carbocycles. The van der Waals surface area contributed by atoms with Gasteiger partial charge in [-0.15, -0.1) is 11.3 Å². The van der Waals surface area contributed by atoms with Gasteiger partial charge in [-0.25, -0.2) is 9.67 Å². The predicted molar refractivity (Wildman–Crippen MR) is 128 cm³/mol. The smallest absolute Gasteiger partial charge is 0.134 e. The van der Waals surface area contributed by atoms with Gasteiger partial charge in [0.15, 0.2) is 0 Å². The molecule has 5 heteroatoms. The number of para-hydroxylation sites is 1. The number of benzene rings is 1. The third-order valence-electron chi connectivity index (χ3n) is 8.07. The minimum Gasteiger partial charge on any atom is -0.240 e. The van der Waals surface area contributed by atoms with Gasteiger partial charge in [-0.3, -0.25) is 0 Å². The van der Waals surface area contributed by atoms with Gasteiger partial charge in [0.05, 0.1) is 22.6 Å². The number of hydrogen-bond acceptors (Lipinski definition) is 4. The van der Waals surface area contributed by atoms with Crippen LogP contribution < -0.4 is 0 Å². The van der Waals surface area contributed by atoms with Crippen molar-refractivity contribution in [1.29, 1.82) is 5.26 Å². The van der Waals surface area contributed by atoms with Gasteiger partial charge in [0.2, 0.25) is 0 Å². The maximum atomic E-state index is 10.0. The average molecular weight is 441 g/mol. The van der Waals surface area contributed by atoms with Crippen LogP contribution in [-0.2, 0) is 5.41 Å². The van der Waals surface area contributed by atoms with Crippen LogP contribution in [0, 0.1) is 42.9 Å². The normalized spacial score (nSPS) is 28.8. The van der Waals surface area contributed by atoms with Crippen LogP contribution in [-0.4, -0.2) is 14.8 Å². The minimum absolute atomic E-state index is 0.272. The molecule has 32 heavy (non-hydrogen) atoms. The number of aryl methyl sites for hydroxylation is 1. The number of thiazole rings is 1. The highest BCUT2D eigenvalue weighted by atomic mass is 32.1. The molecule has 4 saturated carbocycles. The van der Waals surface area contributed by atoms with Gasteiger partial charge >= 0.3 is 0 Å². The molecular formula is C27H28N4S. The number of rotatable bonds is 4. The summed E-state index contributed by atoms with van der Waals surface area (Å²) in [6.45, 7) is 4.08. The van der Waals surface area contributed by atoms with Crippen LogP contribution in [0.15, 0.2) is 35.7 Å². The zero-order valence-corrected chi connectivity index (χ0v) is 19.5. The van der Waals surface area contributed by atoms with E-state index in [0.717, 1.165) is 45.4 Å². The van der Waals surface area contributed by atoms with Crippen LogP contribution >= 0.6 is 11.3 Å². The quantitative estimate of drug-likeness (QED) is 0.436. The number of aromatic nitrogens is 3. The first-order chi connectivity index (χ1) is 15.5. The van der Waals surface area contributed by atoms with Crippen LogP contribution in [0.1, 0.15) is 66.2 Å². The van der Waals surface area contributed by atoms with E-state index in [4.69, 9.17) is 10.1 Å². The van der Waals surface area contributed by atoms with Crippen molar-refractivity contribution in [3.8, 4) is 11.8 Å². The molecule has 3 aromatic rings.